The van der Waals surface area contributed by atoms with Crippen LogP contribution in [0.4, 0.5) is 15.9 Å². The largest absolute Gasteiger partial charge is 0.350 e. The fraction of sp³-hybridized carbons (Fsp3) is 0.143. The number of carbonyl (C=O) groups is 1. The summed E-state index contributed by atoms with van der Waals surface area (Å²) >= 11 is 0. The molecule has 28 heavy (non-hydrogen) atoms. The number of anilines is 2. The van der Waals surface area contributed by atoms with Crippen LogP contribution in [0.1, 0.15) is 27.4 Å². The molecule has 1 amide bonds. The van der Waals surface area contributed by atoms with Crippen LogP contribution in [0, 0.1) is 24.1 Å². The molecule has 6 nitrogen and oxygen atoms in total. The standard InChI is InChI=1S/C21H18FN5O/c1-14-25-19(21(28)24-11-10-16-4-2-3-5-18(16)22)12-20(26-14)27-17-8-6-15(13-23)7-9-17/h2-9,12H,10-11H2,1H3,(H,24,28)(H,25,26,27). The maximum Gasteiger partial charge on any atom is 0.270 e. The molecule has 0 saturated heterocycles. The van der Waals surface area contributed by atoms with E-state index < -0.39 is 0 Å². The highest BCUT2D eigenvalue weighted by molar-refractivity contribution is 5.93. The number of aryl methyl sites for hydroxylation is 1. The van der Waals surface area contributed by atoms with Crippen LogP contribution in [-0.2, 0) is 6.42 Å². The summed E-state index contributed by atoms with van der Waals surface area (Å²) < 4.78 is 13.6. The summed E-state index contributed by atoms with van der Waals surface area (Å²) in [5.41, 5.74) is 2.06. The first-order chi connectivity index (χ1) is 13.5. The van der Waals surface area contributed by atoms with E-state index in [4.69, 9.17) is 5.26 Å². The highest BCUT2D eigenvalue weighted by atomic mass is 19.1. The molecule has 140 valence electrons. The quantitative estimate of drug-likeness (QED) is 0.688. The van der Waals surface area contributed by atoms with Crippen molar-refractivity contribution in [3.63, 3.8) is 0 Å². The van der Waals surface area contributed by atoms with Crippen LogP contribution in [-0.4, -0.2) is 22.4 Å². The molecule has 3 rings (SSSR count). The van der Waals surface area contributed by atoms with Gasteiger partial charge in [-0.3, -0.25) is 4.79 Å². The third-order valence-corrected chi connectivity index (χ3v) is 3.99. The summed E-state index contributed by atoms with van der Waals surface area (Å²) in [5.74, 6) is 0.266. The Balaban J connectivity index is 1.65. The Morgan fingerprint density at radius 3 is 2.61 bits per heavy atom. The number of rotatable bonds is 6. The lowest BCUT2D eigenvalue weighted by Crippen LogP contribution is -2.27. The summed E-state index contributed by atoms with van der Waals surface area (Å²) in [7, 11) is 0. The Morgan fingerprint density at radius 1 is 1.14 bits per heavy atom. The van der Waals surface area contributed by atoms with E-state index in [0.29, 0.717) is 35.7 Å². The number of carbonyl (C=O) groups excluding carboxylic acids is 1. The second-order valence-electron chi connectivity index (χ2n) is 6.10. The van der Waals surface area contributed by atoms with Crippen LogP contribution >= 0.6 is 0 Å². The number of benzene rings is 2. The van der Waals surface area contributed by atoms with Crippen LogP contribution < -0.4 is 10.6 Å². The van der Waals surface area contributed by atoms with Crippen LogP contribution in [0.2, 0.25) is 0 Å². The molecule has 0 aliphatic carbocycles. The van der Waals surface area contributed by atoms with E-state index in [2.05, 4.69) is 26.7 Å². The zero-order valence-corrected chi connectivity index (χ0v) is 15.2. The molecule has 1 heterocycles. The number of nitriles is 1. The average molecular weight is 375 g/mol. The highest BCUT2D eigenvalue weighted by Gasteiger charge is 2.11. The Hall–Kier alpha value is -3.79. The van der Waals surface area contributed by atoms with E-state index in [1.165, 1.54) is 6.07 Å². The summed E-state index contributed by atoms with van der Waals surface area (Å²) in [5, 5.41) is 14.7. The Labute approximate surface area is 162 Å². The molecule has 2 N–H and O–H groups in total. The summed E-state index contributed by atoms with van der Waals surface area (Å²) in [6.07, 6.45) is 0.388. The smallest absolute Gasteiger partial charge is 0.270 e. The maximum absolute atomic E-state index is 13.6. The van der Waals surface area contributed by atoms with E-state index in [0.717, 1.165) is 5.69 Å². The van der Waals surface area contributed by atoms with E-state index in [1.807, 2.05) is 0 Å². The van der Waals surface area contributed by atoms with Crippen LogP contribution in [0.3, 0.4) is 0 Å². The summed E-state index contributed by atoms with van der Waals surface area (Å²) in [4.78, 5) is 20.8. The molecule has 0 bridgehead atoms. The van der Waals surface area contributed by atoms with Gasteiger partial charge in [-0.15, -0.1) is 0 Å². The zero-order valence-electron chi connectivity index (χ0n) is 15.2. The summed E-state index contributed by atoms with van der Waals surface area (Å²) in [6, 6.07) is 17.0. The molecule has 0 spiro atoms. The first kappa shape index (κ1) is 19.0. The second kappa shape index (κ2) is 8.73. The number of nitrogens with one attached hydrogen (secondary N) is 2. The highest BCUT2D eigenvalue weighted by Crippen LogP contribution is 2.16. The van der Waals surface area contributed by atoms with Gasteiger partial charge in [-0.25, -0.2) is 14.4 Å². The topological polar surface area (TPSA) is 90.7 Å². The first-order valence-corrected chi connectivity index (χ1v) is 8.69. The molecule has 0 atom stereocenters. The molecule has 7 heteroatoms. The van der Waals surface area contributed by atoms with Crippen LogP contribution in [0.15, 0.2) is 54.6 Å². The number of aromatic nitrogens is 2. The zero-order chi connectivity index (χ0) is 19.9. The van der Waals surface area contributed by atoms with Gasteiger partial charge in [-0.1, -0.05) is 18.2 Å². The fourth-order valence-corrected chi connectivity index (χ4v) is 2.63. The third kappa shape index (κ3) is 4.89. The minimum Gasteiger partial charge on any atom is -0.350 e. The lowest BCUT2D eigenvalue weighted by Gasteiger charge is -2.09. The molecule has 0 aliphatic heterocycles. The van der Waals surface area contributed by atoms with Gasteiger partial charge in [-0.2, -0.15) is 5.26 Å². The van der Waals surface area contributed by atoms with Gasteiger partial charge >= 0.3 is 0 Å². The normalized spacial score (nSPS) is 10.2. The number of halogens is 1. The summed E-state index contributed by atoms with van der Waals surface area (Å²) in [6.45, 7) is 1.99. The second-order valence-corrected chi connectivity index (χ2v) is 6.10. The van der Waals surface area contributed by atoms with Gasteiger partial charge < -0.3 is 10.6 Å². The van der Waals surface area contributed by atoms with Gasteiger partial charge in [0.2, 0.25) is 0 Å². The molecule has 3 aromatic rings. The van der Waals surface area contributed by atoms with Crippen molar-refractivity contribution in [1.82, 2.24) is 15.3 Å². The monoisotopic (exact) mass is 375 g/mol. The van der Waals surface area contributed by atoms with Crippen molar-refractivity contribution >= 4 is 17.4 Å². The Morgan fingerprint density at radius 2 is 1.89 bits per heavy atom. The Bertz CT molecular complexity index is 1030. The number of amides is 1. The molecule has 0 radical (unpaired) electrons. The van der Waals surface area contributed by atoms with Gasteiger partial charge in [0, 0.05) is 18.3 Å². The van der Waals surface area contributed by atoms with E-state index in [-0.39, 0.29) is 17.4 Å². The van der Waals surface area contributed by atoms with Crippen molar-refractivity contribution in [1.29, 1.82) is 5.26 Å². The van der Waals surface area contributed by atoms with Gasteiger partial charge in [0.1, 0.15) is 23.2 Å². The van der Waals surface area contributed by atoms with Gasteiger partial charge in [-0.05, 0) is 49.2 Å². The maximum atomic E-state index is 13.6. The molecule has 0 aliphatic rings. The lowest BCUT2D eigenvalue weighted by atomic mass is 10.1. The van der Waals surface area contributed by atoms with E-state index >= 15 is 0 Å². The van der Waals surface area contributed by atoms with Gasteiger partial charge in [0.15, 0.2) is 0 Å². The van der Waals surface area contributed by atoms with Crippen molar-refractivity contribution in [3.05, 3.63) is 83.1 Å². The van der Waals surface area contributed by atoms with Crippen molar-refractivity contribution in [3.8, 4) is 6.07 Å². The third-order valence-electron chi connectivity index (χ3n) is 3.99. The first-order valence-electron chi connectivity index (χ1n) is 8.69. The fourth-order valence-electron chi connectivity index (χ4n) is 2.63. The van der Waals surface area contributed by atoms with E-state index in [1.54, 1.807) is 55.5 Å². The van der Waals surface area contributed by atoms with E-state index in [9.17, 15) is 9.18 Å². The molecule has 2 aromatic carbocycles. The molecule has 0 unspecified atom stereocenters. The van der Waals surface area contributed by atoms with Crippen LogP contribution in [0.5, 0.6) is 0 Å². The molecule has 0 saturated carbocycles. The lowest BCUT2D eigenvalue weighted by molar-refractivity contribution is 0.0948. The minimum absolute atomic E-state index is 0.220. The Kier molecular flexibility index (Phi) is 5.92. The minimum atomic E-state index is -0.357. The SMILES string of the molecule is Cc1nc(Nc2ccc(C#N)cc2)cc(C(=O)NCCc2ccccc2F)n1. The van der Waals surface area contributed by atoms with Crippen molar-refractivity contribution in [2.45, 2.75) is 13.3 Å². The predicted octanol–water partition coefficient (Wildman–Crippen LogP) is 3.51. The molecular weight excluding hydrogens is 357 g/mol. The van der Waals surface area contributed by atoms with Crippen molar-refractivity contribution < 1.29 is 9.18 Å². The number of nitrogens with zero attached hydrogens (tertiary/aromatic N) is 3. The van der Waals surface area contributed by atoms with Crippen molar-refractivity contribution in [2.24, 2.45) is 0 Å². The number of hydrogen-bond donors (Lipinski definition) is 2. The van der Waals surface area contributed by atoms with Crippen molar-refractivity contribution in [2.75, 3.05) is 11.9 Å². The molecular formula is C21H18FN5O. The predicted molar refractivity (Wildman–Crippen MR) is 104 cm³/mol. The average Bonchev–Trinajstić information content (AvgIpc) is 2.69. The van der Waals surface area contributed by atoms with Crippen LogP contribution in [0.25, 0.3) is 0 Å². The van der Waals surface area contributed by atoms with Gasteiger partial charge in [0.25, 0.3) is 5.91 Å². The number of hydrogen-bond acceptors (Lipinski definition) is 5. The van der Waals surface area contributed by atoms with Gasteiger partial charge in [0.05, 0.1) is 11.6 Å². The molecule has 1 aromatic heterocycles. The molecule has 0 fully saturated rings.